The molecule has 0 saturated heterocycles. The van der Waals surface area contributed by atoms with Crippen LogP contribution < -0.4 is 16.6 Å². The highest BCUT2D eigenvalue weighted by atomic mass is 19.2. The van der Waals surface area contributed by atoms with E-state index in [1.807, 2.05) is 0 Å². The predicted molar refractivity (Wildman–Crippen MR) is 85.9 cm³/mol. The van der Waals surface area contributed by atoms with Crippen LogP contribution in [0.1, 0.15) is 16.1 Å². The Hall–Kier alpha value is -3.77. The predicted octanol–water partition coefficient (Wildman–Crippen LogP) is -0.956. The second-order valence-electron chi connectivity index (χ2n) is 5.47. The summed E-state index contributed by atoms with van der Waals surface area (Å²) < 4.78 is 29.0. The van der Waals surface area contributed by atoms with Crippen LogP contribution in [0.25, 0.3) is 0 Å². The first-order valence-electron chi connectivity index (χ1n) is 7.43. The Labute approximate surface area is 148 Å². The number of benzene rings is 1. The van der Waals surface area contributed by atoms with E-state index in [-0.39, 0.29) is 18.1 Å². The van der Waals surface area contributed by atoms with Crippen LogP contribution in [0.5, 0.6) is 0 Å². The van der Waals surface area contributed by atoms with Gasteiger partial charge in [0.1, 0.15) is 0 Å². The van der Waals surface area contributed by atoms with E-state index in [0.717, 1.165) is 21.5 Å². The average Bonchev–Trinajstić information content (AvgIpc) is 3.02. The lowest BCUT2D eigenvalue weighted by Gasteiger charge is -2.09. The molecule has 1 aromatic carbocycles. The van der Waals surface area contributed by atoms with E-state index >= 15 is 0 Å². The molecule has 1 N–H and O–H groups in total. The van der Waals surface area contributed by atoms with Gasteiger partial charge in [-0.15, -0.1) is 0 Å². The number of halogens is 2. The van der Waals surface area contributed by atoms with E-state index in [1.165, 1.54) is 20.2 Å². The third-order valence-electron chi connectivity index (χ3n) is 3.59. The minimum atomic E-state index is -1.13. The van der Waals surface area contributed by atoms with Crippen molar-refractivity contribution in [3.8, 4) is 0 Å². The summed E-state index contributed by atoms with van der Waals surface area (Å²) >= 11 is 0. The van der Waals surface area contributed by atoms with Gasteiger partial charge in [-0.2, -0.15) is 5.10 Å². The Morgan fingerprint density at radius 1 is 1.15 bits per heavy atom. The molecule has 3 aromatic rings. The van der Waals surface area contributed by atoms with Gasteiger partial charge in [-0.25, -0.2) is 22.9 Å². The number of carbonyl (C=O) groups is 1. The molecule has 0 aliphatic heterocycles. The van der Waals surface area contributed by atoms with Crippen LogP contribution in [-0.2, 0) is 20.6 Å². The minimum Gasteiger partial charge on any atom is -0.288 e. The van der Waals surface area contributed by atoms with Gasteiger partial charge >= 0.3 is 5.69 Å². The lowest BCUT2D eigenvalue weighted by molar-refractivity contribution is 0.101. The third kappa shape index (κ3) is 3.47. The summed E-state index contributed by atoms with van der Waals surface area (Å²) in [5.74, 6) is -3.17. The molecule has 0 unspecified atom stereocenters. The number of aryl methyl sites for hydroxylation is 2. The fourth-order valence-corrected chi connectivity index (χ4v) is 2.22. The van der Waals surface area contributed by atoms with Crippen LogP contribution in [0, 0.1) is 11.6 Å². The first-order valence-corrected chi connectivity index (χ1v) is 7.43. The Morgan fingerprint density at radius 3 is 2.52 bits per heavy atom. The number of hydrogen-bond donors (Lipinski definition) is 1. The van der Waals surface area contributed by atoms with Crippen molar-refractivity contribution in [2.24, 2.45) is 14.1 Å². The molecular formula is C14H12F2N8O3. The number of hydrogen-bond acceptors (Lipinski definition) is 7. The summed E-state index contributed by atoms with van der Waals surface area (Å²) in [5, 5.41) is 16.4. The van der Waals surface area contributed by atoms with Gasteiger partial charge in [-0.1, -0.05) is 11.2 Å². The van der Waals surface area contributed by atoms with Crippen LogP contribution in [0.3, 0.4) is 0 Å². The summed E-state index contributed by atoms with van der Waals surface area (Å²) in [6, 6.07) is 2.94. The largest absolute Gasteiger partial charge is 0.347 e. The van der Waals surface area contributed by atoms with Gasteiger partial charge < -0.3 is 0 Å². The number of nitrogens with one attached hydrogen (secondary N) is 1. The SMILES string of the molecule is Cn1nnnc1NC(=O)c1nn(C)c(=O)n(Cc2ccc(F)c(F)c2)c1=O. The van der Waals surface area contributed by atoms with Crippen molar-refractivity contribution in [3.63, 3.8) is 0 Å². The molecule has 0 aliphatic rings. The zero-order valence-electron chi connectivity index (χ0n) is 14.1. The quantitative estimate of drug-likeness (QED) is 0.619. The number of aromatic nitrogens is 7. The van der Waals surface area contributed by atoms with Crippen LogP contribution >= 0.6 is 0 Å². The Bertz CT molecular complexity index is 1150. The molecule has 2 aromatic heterocycles. The molecule has 0 bridgehead atoms. The first kappa shape index (κ1) is 18.0. The number of anilines is 1. The van der Waals surface area contributed by atoms with Gasteiger partial charge in [-0.05, 0) is 28.1 Å². The van der Waals surface area contributed by atoms with Gasteiger partial charge in [0.15, 0.2) is 11.6 Å². The van der Waals surface area contributed by atoms with Crippen molar-refractivity contribution in [3.05, 3.63) is 61.9 Å². The summed E-state index contributed by atoms with van der Waals surface area (Å²) in [4.78, 5) is 37.1. The molecule has 0 atom stereocenters. The highest BCUT2D eigenvalue weighted by Crippen LogP contribution is 2.09. The molecule has 13 heteroatoms. The smallest absolute Gasteiger partial charge is 0.288 e. The van der Waals surface area contributed by atoms with E-state index in [0.29, 0.717) is 4.57 Å². The molecule has 27 heavy (non-hydrogen) atoms. The maximum absolute atomic E-state index is 13.4. The Kier molecular flexibility index (Phi) is 4.58. The third-order valence-corrected chi connectivity index (χ3v) is 3.59. The standard InChI is InChI=1S/C14H12F2N8O3/c1-22-13(18-20-21-22)17-11(25)10-12(26)24(14(27)23(2)19-10)6-7-3-4-8(15)9(16)5-7/h3-5H,6H2,1-2H3,(H,17,18,21,25). The first-order chi connectivity index (χ1) is 12.8. The highest BCUT2D eigenvalue weighted by molar-refractivity contribution is 6.01. The van der Waals surface area contributed by atoms with E-state index < -0.39 is 34.5 Å². The fourth-order valence-electron chi connectivity index (χ4n) is 2.22. The normalized spacial score (nSPS) is 10.8. The van der Waals surface area contributed by atoms with Crippen molar-refractivity contribution < 1.29 is 13.6 Å². The van der Waals surface area contributed by atoms with E-state index in [2.05, 4.69) is 25.9 Å². The van der Waals surface area contributed by atoms with Crippen LogP contribution in [-0.4, -0.2) is 40.5 Å². The van der Waals surface area contributed by atoms with Gasteiger partial charge in [0.05, 0.1) is 6.54 Å². The number of tetrazole rings is 1. The average molecular weight is 378 g/mol. The summed E-state index contributed by atoms with van der Waals surface area (Å²) in [7, 11) is 2.70. The molecule has 11 nitrogen and oxygen atoms in total. The summed E-state index contributed by atoms with van der Waals surface area (Å²) in [6.07, 6.45) is 0. The fraction of sp³-hybridized carbons (Fsp3) is 0.214. The van der Waals surface area contributed by atoms with Crippen molar-refractivity contribution in [1.29, 1.82) is 0 Å². The van der Waals surface area contributed by atoms with Gasteiger partial charge in [0.25, 0.3) is 11.5 Å². The van der Waals surface area contributed by atoms with Crippen molar-refractivity contribution in [2.45, 2.75) is 6.54 Å². The lowest BCUT2D eigenvalue weighted by Crippen LogP contribution is -2.44. The van der Waals surface area contributed by atoms with Gasteiger partial charge in [0, 0.05) is 14.1 Å². The number of rotatable bonds is 4. The maximum Gasteiger partial charge on any atom is 0.347 e. The summed E-state index contributed by atoms with van der Waals surface area (Å²) in [5.41, 5.74) is -2.28. The molecule has 0 fully saturated rings. The molecule has 0 aliphatic carbocycles. The van der Waals surface area contributed by atoms with Gasteiger partial charge in [-0.3, -0.25) is 19.5 Å². The topological polar surface area (TPSA) is 130 Å². The molecule has 2 heterocycles. The Balaban J connectivity index is 2.01. The van der Waals surface area contributed by atoms with Crippen molar-refractivity contribution in [1.82, 2.24) is 34.6 Å². The second kappa shape index (κ2) is 6.86. The molecular weight excluding hydrogens is 366 g/mol. The van der Waals surface area contributed by atoms with E-state index in [9.17, 15) is 23.2 Å². The monoisotopic (exact) mass is 378 g/mol. The van der Waals surface area contributed by atoms with Crippen molar-refractivity contribution in [2.75, 3.05) is 5.32 Å². The number of amides is 1. The summed E-state index contributed by atoms with van der Waals surface area (Å²) in [6.45, 7) is -0.378. The number of nitrogens with zero attached hydrogens (tertiary/aromatic N) is 7. The lowest BCUT2D eigenvalue weighted by atomic mass is 10.2. The minimum absolute atomic E-state index is 0.0396. The van der Waals surface area contributed by atoms with Gasteiger partial charge in [0.2, 0.25) is 11.6 Å². The molecule has 0 radical (unpaired) electrons. The molecule has 1 amide bonds. The molecule has 140 valence electrons. The van der Waals surface area contributed by atoms with E-state index in [4.69, 9.17) is 0 Å². The zero-order chi connectivity index (χ0) is 19.7. The van der Waals surface area contributed by atoms with Crippen LogP contribution in [0.15, 0.2) is 27.8 Å². The van der Waals surface area contributed by atoms with E-state index in [1.54, 1.807) is 0 Å². The maximum atomic E-state index is 13.4. The van der Waals surface area contributed by atoms with Crippen LogP contribution in [0.2, 0.25) is 0 Å². The number of carbonyl (C=O) groups excluding carboxylic acids is 1. The highest BCUT2D eigenvalue weighted by Gasteiger charge is 2.20. The molecule has 3 rings (SSSR count). The molecule has 0 spiro atoms. The van der Waals surface area contributed by atoms with Crippen molar-refractivity contribution >= 4 is 11.9 Å². The zero-order valence-corrected chi connectivity index (χ0v) is 14.1. The second-order valence-corrected chi connectivity index (χ2v) is 5.47. The Morgan fingerprint density at radius 2 is 1.89 bits per heavy atom. The molecule has 0 saturated carbocycles. The van der Waals surface area contributed by atoms with Crippen LogP contribution in [0.4, 0.5) is 14.7 Å².